The average Bonchev–Trinajstić information content (AvgIpc) is 3.43. The van der Waals surface area contributed by atoms with Crippen molar-refractivity contribution in [1.29, 1.82) is 0 Å². The Morgan fingerprint density at radius 3 is 2.69 bits per heavy atom. The number of nitrogens with one attached hydrogen (secondary N) is 1. The van der Waals surface area contributed by atoms with Gasteiger partial charge in [0.05, 0.1) is 16.4 Å². The van der Waals surface area contributed by atoms with E-state index in [4.69, 9.17) is 11.6 Å². The highest BCUT2D eigenvalue weighted by Crippen LogP contribution is 2.30. The minimum Gasteiger partial charge on any atom is -0.341 e. The second-order valence-electron chi connectivity index (χ2n) is 7.39. The van der Waals surface area contributed by atoms with E-state index in [1.165, 1.54) is 30.0 Å². The number of rotatable bonds is 7. The number of aromatic nitrogens is 3. The molecule has 1 aromatic heterocycles. The summed E-state index contributed by atoms with van der Waals surface area (Å²) in [6.07, 6.45) is 2.20. The van der Waals surface area contributed by atoms with Gasteiger partial charge in [-0.15, -0.1) is 10.2 Å². The second-order valence-corrected chi connectivity index (χ2v) is 8.76. The summed E-state index contributed by atoms with van der Waals surface area (Å²) < 4.78 is 1.92. The molecule has 3 aromatic rings. The zero-order valence-corrected chi connectivity index (χ0v) is 18.9. The van der Waals surface area contributed by atoms with Crippen LogP contribution in [0.2, 0.25) is 5.02 Å². The molecule has 0 spiro atoms. The third-order valence-corrected chi connectivity index (χ3v) is 6.26. The van der Waals surface area contributed by atoms with Crippen molar-refractivity contribution in [2.75, 3.05) is 29.1 Å². The molecule has 1 aliphatic heterocycles. The monoisotopic (exact) mass is 472 g/mol. The highest BCUT2D eigenvalue weighted by Gasteiger charge is 2.23. The van der Waals surface area contributed by atoms with Gasteiger partial charge in [0.2, 0.25) is 11.9 Å². The summed E-state index contributed by atoms with van der Waals surface area (Å²) in [6, 6.07) is 11.8. The Balaban J connectivity index is 1.52. The predicted octanol–water partition coefficient (Wildman–Crippen LogP) is 4.47. The van der Waals surface area contributed by atoms with Gasteiger partial charge in [-0.3, -0.25) is 19.5 Å². The molecule has 1 amide bonds. The Bertz CT molecular complexity index is 1160. The van der Waals surface area contributed by atoms with Crippen LogP contribution in [0.1, 0.15) is 18.4 Å². The normalized spacial score (nSPS) is 13.4. The van der Waals surface area contributed by atoms with E-state index in [9.17, 15) is 14.9 Å². The molecule has 11 heteroatoms. The standard InChI is InChI=1S/C21H21ClN6O3S/c1-14-11-17(28(30)31)7-8-18(14)23-19(29)13-32-21-25-24-20(26-9-2-3-10-26)27(21)16-6-4-5-15(22)12-16/h4-8,11-12H,2-3,9-10,13H2,1H3,(H,23,29). The number of carbonyl (C=O) groups is 1. The van der Waals surface area contributed by atoms with Gasteiger partial charge in [-0.05, 0) is 49.6 Å². The lowest BCUT2D eigenvalue weighted by Gasteiger charge is -2.18. The number of non-ortho nitro benzene ring substituents is 1. The molecule has 166 valence electrons. The van der Waals surface area contributed by atoms with Crippen LogP contribution in [0.25, 0.3) is 5.69 Å². The van der Waals surface area contributed by atoms with E-state index in [0.29, 0.717) is 21.4 Å². The minimum absolute atomic E-state index is 0.0149. The van der Waals surface area contributed by atoms with E-state index in [1.54, 1.807) is 13.0 Å². The number of anilines is 2. The predicted molar refractivity (Wildman–Crippen MR) is 125 cm³/mol. The van der Waals surface area contributed by atoms with Crippen molar-refractivity contribution in [3.05, 3.63) is 63.2 Å². The summed E-state index contributed by atoms with van der Waals surface area (Å²) in [7, 11) is 0. The zero-order valence-electron chi connectivity index (χ0n) is 17.3. The summed E-state index contributed by atoms with van der Waals surface area (Å²) in [5, 5.41) is 23.6. The fourth-order valence-corrected chi connectivity index (χ4v) is 4.47. The van der Waals surface area contributed by atoms with Gasteiger partial charge in [-0.25, -0.2) is 0 Å². The van der Waals surface area contributed by atoms with Crippen molar-refractivity contribution < 1.29 is 9.72 Å². The Hall–Kier alpha value is -3.11. The van der Waals surface area contributed by atoms with Crippen molar-refractivity contribution in [1.82, 2.24) is 14.8 Å². The Labute approximate surface area is 193 Å². The lowest BCUT2D eigenvalue weighted by Crippen LogP contribution is -2.22. The first-order valence-electron chi connectivity index (χ1n) is 10.1. The van der Waals surface area contributed by atoms with Gasteiger partial charge in [-0.1, -0.05) is 29.4 Å². The molecule has 1 saturated heterocycles. The molecule has 1 fully saturated rings. The molecule has 0 atom stereocenters. The van der Waals surface area contributed by atoms with Crippen molar-refractivity contribution in [3.8, 4) is 5.69 Å². The van der Waals surface area contributed by atoms with Gasteiger partial charge in [-0.2, -0.15) is 0 Å². The number of benzene rings is 2. The molecule has 0 aliphatic carbocycles. The molecule has 0 saturated carbocycles. The third-order valence-electron chi connectivity index (χ3n) is 5.10. The smallest absolute Gasteiger partial charge is 0.269 e. The SMILES string of the molecule is Cc1cc([N+](=O)[O-])ccc1NC(=O)CSc1nnc(N2CCCC2)n1-c1cccc(Cl)c1. The summed E-state index contributed by atoms with van der Waals surface area (Å²) in [5.41, 5.74) is 1.98. The van der Waals surface area contributed by atoms with Gasteiger partial charge < -0.3 is 10.2 Å². The number of thioether (sulfide) groups is 1. The molecule has 2 aromatic carbocycles. The molecule has 1 aliphatic rings. The molecular formula is C21H21ClN6O3S. The summed E-state index contributed by atoms with van der Waals surface area (Å²) in [5.74, 6) is 0.601. The number of halogens is 1. The lowest BCUT2D eigenvalue weighted by molar-refractivity contribution is -0.384. The van der Waals surface area contributed by atoms with E-state index in [0.717, 1.165) is 37.6 Å². The van der Waals surface area contributed by atoms with E-state index < -0.39 is 4.92 Å². The molecule has 1 N–H and O–H groups in total. The Morgan fingerprint density at radius 2 is 2.00 bits per heavy atom. The number of nitrogens with zero attached hydrogens (tertiary/aromatic N) is 5. The number of hydrogen-bond donors (Lipinski definition) is 1. The van der Waals surface area contributed by atoms with E-state index >= 15 is 0 Å². The largest absolute Gasteiger partial charge is 0.341 e. The molecule has 32 heavy (non-hydrogen) atoms. The molecule has 0 bridgehead atoms. The number of carbonyl (C=O) groups excluding carboxylic acids is 1. The van der Waals surface area contributed by atoms with Crippen molar-refractivity contribution in [2.24, 2.45) is 0 Å². The first-order valence-corrected chi connectivity index (χ1v) is 11.4. The van der Waals surface area contributed by atoms with Crippen LogP contribution in [0.15, 0.2) is 47.6 Å². The topological polar surface area (TPSA) is 106 Å². The van der Waals surface area contributed by atoms with Crippen LogP contribution in [0, 0.1) is 17.0 Å². The molecule has 0 unspecified atom stereocenters. The fourth-order valence-electron chi connectivity index (χ4n) is 3.54. The van der Waals surface area contributed by atoms with Crippen LogP contribution < -0.4 is 10.2 Å². The molecule has 2 heterocycles. The lowest BCUT2D eigenvalue weighted by atomic mass is 10.2. The number of amides is 1. The quantitative estimate of drug-likeness (QED) is 0.307. The minimum atomic E-state index is -0.463. The molecular weight excluding hydrogens is 452 g/mol. The maximum absolute atomic E-state index is 12.6. The summed E-state index contributed by atoms with van der Waals surface area (Å²) in [6.45, 7) is 3.53. The average molecular weight is 473 g/mol. The number of hydrogen-bond acceptors (Lipinski definition) is 7. The van der Waals surface area contributed by atoms with Crippen LogP contribution in [-0.4, -0.2) is 44.4 Å². The first kappa shape index (κ1) is 22.1. The van der Waals surface area contributed by atoms with Crippen molar-refractivity contribution in [2.45, 2.75) is 24.9 Å². The van der Waals surface area contributed by atoms with Gasteiger partial charge in [0.15, 0.2) is 5.16 Å². The fraction of sp³-hybridized carbons (Fsp3) is 0.286. The van der Waals surface area contributed by atoms with E-state index in [-0.39, 0.29) is 17.3 Å². The number of aryl methyl sites for hydroxylation is 1. The Kier molecular flexibility index (Phi) is 6.61. The van der Waals surface area contributed by atoms with Gasteiger partial charge >= 0.3 is 0 Å². The molecule has 0 radical (unpaired) electrons. The van der Waals surface area contributed by atoms with Crippen LogP contribution >= 0.6 is 23.4 Å². The second kappa shape index (κ2) is 9.58. The number of nitro benzene ring substituents is 1. The zero-order chi connectivity index (χ0) is 22.7. The maximum Gasteiger partial charge on any atom is 0.269 e. The van der Waals surface area contributed by atoms with E-state index in [2.05, 4.69) is 20.4 Å². The third kappa shape index (κ3) is 4.86. The highest BCUT2D eigenvalue weighted by molar-refractivity contribution is 7.99. The highest BCUT2D eigenvalue weighted by atomic mass is 35.5. The molecule has 9 nitrogen and oxygen atoms in total. The Morgan fingerprint density at radius 1 is 1.22 bits per heavy atom. The summed E-state index contributed by atoms with van der Waals surface area (Å²) >= 11 is 7.48. The van der Waals surface area contributed by atoms with Crippen molar-refractivity contribution in [3.63, 3.8) is 0 Å². The van der Waals surface area contributed by atoms with Crippen LogP contribution in [0.4, 0.5) is 17.3 Å². The maximum atomic E-state index is 12.6. The van der Waals surface area contributed by atoms with Crippen LogP contribution in [0.3, 0.4) is 0 Å². The van der Waals surface area contributed by atoms with Crippen LogP contribution in [0.5, 0.6) is 0 Å². The van der Waals surface area contributed by atoms with Crippen LogP contribution in [-0.2, 0) is 4.79 Å². The van der Waals surface area contributed by atoms with Gasteiger partial charge in [0, 0.05) is 35.9 Å². The molecule has 4 rings (SSSR count). The number of nitro groups is 1. The van der Waals surface area contributed by atoms with Gasteiger partial charge in [0.1, 0.15) is 0 Å². The van der Waals surface area contributed by atoms with Crippen molar-refractivity contribution >= 4 is 46.6 Å². The van der Waals surface area contributed by atoms with E-state index in [1.807, 2.05) is 22.8 Å². The first-order chi connectivity index (χ1) is 15.4. The summed E-state index contributed by atoms with van der Waals surface area (Å²) in [4.78, 5) is 25.2. The van der Waals surface area contributed by atoms with Gasteiger partial charge in [0.25, 0.3) is 5.69 Å².